The van der Waals surface area contributed by atoms with Gasteiger partial charge in [-0.15, -0.1) is 38.5 Å². The minimum atomic E-state index is -5.54. The predicted molar refractivity (Wildman–Crippen MR) is 282 cm³/mol. The van der Waals surface area contributed by atoms with Crippen LogP contribution in [0.5, 0.6) is 11.5 Å². The highest BCUT2D eigenvalue weighted by Gasteiger charge is 2.31. The zero-order valence-electron chi connectivity index (χ0n) is 39.2. The SMILES string of the molecule is O=C(CS(=O)OCCCl)Nc1ccc2c(O)c(N=Nc3ccc(N=Nc4ccc(N=Nc5c(S(=O)(=O)O)cc6c(S(=O)(=O)O)c(NC(=O)CS(=O)OCCCl)ccc6c5O)c(S(=O)(=O)O)c4)cc3)c(S(=O)(=O)O)cc2c1S(=O)(=O)O. The number of amides is 2. The lowest BCUT2D eigenvalue weighted by atomic mass is 10.1. The van der Waals surface area contributed by atoms with Crippen molar-refractivity contribution >= 4 is 175 Å². The highest BCUT2D eigenvalue weighted by atomic mass is 35.5. The molecule has 80 heavy (non-hydrogen) atoms. The number of carbonyl (C=O) groups is 2. The first kappa shape index (κ1) is 62.7. The van der Waals surface area contributed by atoms with Crippen molar-refractivity contribution in [2.75, 3.05) is 47.1 Å². The van der Waals surface area contributed by atoms with Crippen molar-refractivity contribution in [1.29, 1.82) is 0 Å². The molecule has 0 spiro atoms. The van der Waals surface area contributed by atoms with Gasteiger partial charge in [-0.1, -0.05) is 0 Å². The van der Waals surface area contributed by atoms with Gasteiger partial charge < -0.3 is 20.8 Å². The number of phenolic OH excluding ortho intramolecular Hbond substituents is 2. The predicted octanol–water partition coefficient (Wildman–Crippen LogP) is 6.60. The van der Waals surface area contributed by atoms with Crippen molar-refractivity contribution in [3.05, 3.63) is 78.9 Å². The summed E-state index contributed by atoms with van der Waals surface area (Å²) in [6.07, 6.45) is 0. The van der Waals surface area contributed by atoms with Crippen molar-refractivity contribution in [2.45, 2.75) is 24.5 Å². The maximum Gasteiger partial charge on any atom is 0.297 e. The molecule has 40 heteroatoms. The fraction of sp³-hybridized carbons (Fsp3) is 0.150. The van der Waals surface area contributed by atoms with E-state index in [2.05, 4.69) is 41.3 Å². The summed E-state index contributed by atoms with van der Waals surface area (Å²) in [6.45, 7) is -0.433. The van der Waals surface area contributed by atoms with Crippen LogP contribution >= 0.6 is 23.2 Å². The lowest BCUT2D eigenvalue weighted by molar-refractivity contribution is -0.114. The number of anilines is 2. The van der Waals surface area contributed by atoms with E-state index < -0.39 is 182 Å². The Hall–Kier alpha value is -6.47. The molecule has 0 heterocycles. The Bertz CT molecular complexity index is 4250. The van der Waals surface area contributed by atoms with Crippen LogP contribution in [-0.2, 0) is 90.7 Å². The average Bonchev–Trinajstić information content (AvgIpc) is 3.43. The van der Waals surface area contributed by atoms with Crippen molar-refractivity contribution in [3.63, 3.8) is 0 Å². The minimum Gasteiger partial charge on any atom is -0.505 e. The molecular formula is C40H34Cl2N8O23S7. The number of hydrogen-bond acceptors (Lipinski definition) is 24. The summed E-state index contributed by atoms with van der Waals surface area (Å²) in [7, 11) is -27.0. The molecule has 0 fully saturated rings. The Kier molecular flexibility index (Phi) is 19.7. The zero-order chi connectivity index (χ0) is 59.3. The van der Waals surface area contributed by atoms with E-state index in [-0.39, 0.29) is 42.0 Å². The van der Waals surface area contributed by atoms with Gasteiger partial charge in [-0.05, 0) is 78.9 Å². The molecule has 428 valence electrons. The van der Waals surface area contributed by atoms with Gasteiger partial charge in [-0.25, -0.2) is 8.42 Å². The molecule has 0 aliphatic carbocycles. The molecule has 2 unspecified atom stereocenters. The molecule has 6 aromatic rings. The Morgan fingerprint density at radius 1 is 0.463 bits per heavy atom. The molecule has 0 saturated heterocycles. The molecule has 9 N–H and O–H groups in total. The molecule has 0 bridgehead atoms. The third kappa shape index (κ3) is 15.5. The van der Waals surface area contributed by atoms with Crippen LogP contribution in [0.15, 0.2) is 134 Å². The lowest BCUT2D eigenvalue weighted by Crippen LogP contribution is -2.22. The molecule has 0 aromatic heterocycles. The second-order valence-corrected chi connectivity index (χ2v) is 25.3. The molecule has 2 amide bonds. The van der Waals surface area contributed by atoms with Crippen LogP contribution in [0.2, 0.25) is 0 Å². The van der Waals surface area contributed by atoms with Gasteiger partial charge in [-0.3, -0.25) is 40.7 Å². The van der Waals surface area contributed by atoms with Gasteiger partial charge in [0.25, 0.3) is 50.6 Å². The van der Waals surface area contributed by atoms with Crippen LogP contribution in [0.4, 0.5) is 45.5 Å². The van der Waals surface area contributed by atoms with Crippen molar-refractivity contribution in [3.8, 4) is 11.5 Å². The van der Waals surface area contributed by atoms with Crippen LogP contribution < -0.4 is 10.6 Å². The van der Waals surface area contributed by atoms with Gasteiger partial charge in [0.05, 0.1) is 41.7 Å². The van der Waals surface area contributed by atoms with Gasteiger partial charge in [0.2, 0.25) is 11.8 Å². The van der Waals surface area contributed by atoms with Gasteiger partial charge in [-0.2, -0.15) is 57.4 Å². The smallest absolute Gasteiger partial charge is 0.297 e. The minimum absolute atomic E-state index is 0.00303. The van der Waals surface area contributed by atoms with E-state index in [1.165, 1.54) is 24.3 Å². The maximum atomic E-state index is 12.6. The first-order chi connectivity index (χ1) is 37.2. The molecule has 6 aromatic carbocycles. The summed E-state index contributed by atoms with van der Waals surface area (Å²) in [6, 6.07) is 12.0. The molecule has 6 rings (SSSR count). The number of carbonyl (C=O) groups excluding carboxylic acids is 2. The average molecular weight is 1290 g/mol. The number of benzene rings is 6. The number of aromatic hydroxyl groups is 2. The van der Waals surface area contributed by atoms with Crippen molar-refractivity contribution < 1.29 is 101 Å². The van der Waals surface area contributed by atoms with E-state index >= 15 is 0 Å². The molecule has 2 atom stereocenters. The van der Waals surface area contributed by atoms with Crippen molar-refractivity contribution in [1.82, 2.24) is 0 Å². The normalized spacial score (nSPS) is 13.6. The molecule has 0 aliphatic rings. The highest BCUT2D eigenvalue weighted by Crippen LogP contribution is 2.47. The van der Waals surface area contributed by atoms with E-state index in [9.17, 15) is 93.1 Å². The number of halogens is 2. The Labute approximate surface area is 465 Å². The topological polar surface area (TPSA) is 497 Å². The Balaban J connectivity index is 1.29. The number of rotatable bonds is 23. The van der Waals surface area contributed by atoms with Crippen LogP contribution in [-0.4, -0.2) is 132 Å². The quantitative estimate of drug-likeness (QED) is 0.0185. The van der Waals surface area contributed by atoms with Gasteiger partial charge in [0.15, 0.2) is 33.7 Å². The number of fused-ring (bicyclic) bond motifs is 2. The van der Waals surface area contributed by atoms with Crippen LogP contribution in [0.3, 0.4) is 0 Å². The number of phenols is 2. The standard InChI is InChI=1S/C40H34Cl2N8O23S7/c41-11-13-72-74(55)18-33(51)43-28-9-6-23-25(39(28)79(66,67)68)16-31(77(60,61)62)35(37(23)53)49-46-21-3-1-20(2-4-21)45-47-22-5-8-27(30(15-22)76(57,58)59)48-50-36-32(78(63,64)65)17-26-24(38(36)54)7-10-29(40(26)80(69,70)71)44-34(52)19-75(56)73-14-12-42/h1-10,15-17,53-54H,11-14,18-19H2,(H,43,51)(H,44,52)(H,57,58,59)(H,60,61,62)(H,63,64,65)(H,66,67,68)(H,69,70,71). The van der Waals surface area contributed by atoms with Gasteiger partial charge in [0.1, 0.15) is 53.0 Å². The highest BCUT2D eigenvalue weighted by molar-refractivity contribution is 7.87. The van der Waals surface area contributed by atoms with Crippen molar-refractivity contribution in [2.24, 2.45) is 30.7 Å². The molecule has 0 aliphatic heterocycles. The number of azo groups is 3. The summed E-state index contributed by atoms with van der Waals surface area (Å²) >= 11 is 6.43. The molecular weight excluding hydrogens is 1260 g/mol. The second-order valence-electron chi connectivity index (χ2n) is 15.4. The maximum absolute atomic E-state index is 12.6. The van der Waals surface area contributed by atoms with Gasteiger partial charge >= 0.3 is 0 Å². The zero-order valence-corrected chi connectivity index (χ0v) is 46.4. The van der Waals surface area contributed by atoms with Crippen LogP contribution in [0.25, 0.3) is 21.5 Å². The van der Waals surface area contributed by atoms with Gasteiger partial charge in [0, 0.05) is 33.3 Å². The van der Waals surface area contributed by atoms with E-state index in [1.807, 2.05) is 0 Å². The number of nitrogens with zero attached hydrogens (tertiary/aromatic N) is 6. The number of alkyl halides is 2. The van der Waals surface area contributed by atoms with Crippen LogP contribution in [0.1, 0.15) is 0 Å². The second kappa shape index (κ2) is 25.1. The molecule has 31 nitrogen and oxygen atoms in total. The van der Waals surface area contributed by atoms with E-state index in [0.717, 1.165) is 36.4 Å². The van der Waals surface area contributed by atoms with E-state index in [4.69, 9.17) is 31.6 Å². The van der Waals surface area contributed by atoms with E-state index in [0.29, 0.717) is 18.2 Å². The Morgan fingerprint density at radius 3 is 1.20 bits per heavy atom. The summed E-state index contributed by atoms with van der Waals surface area (Å²) in [4.78, 5) is 19.1. The Morgan fingerprint density at radius 2 is 0.825 bits per heavy atom. The van der Waals surface area contributed by atoms with Crippen LogP contribution in [0, 0.1) is 0 Å². The largest absolute Gasteiger partial charge is 0.505 e. The third-order valence-electron chi connectivity index (χ3n) is 9.95. The first-order valence-electron chi connectivity index (χ1n) is 21.0. The third-order valence-corrected chi connectivity index (χ3v) is 16.6. The number of nitrogens with one attached hydrogen (secondary N) is 2. The fourth-order valence-corrected chi connectivity index (χ4v) is 12.1. The molecule has 0 radical (unpaired) electrons. The summed E-state index contributed by atoms with van der Waals surface area (Å²) in [5.41, 5.74) is -4.62. The summed E-state index contributed by atoms with van der Waals surface area (Å²) in [5.74, 6) is -6.42. The monoisotopic (exact) mass is 1290 g/mol. The van der Waals surface area contributed by atoms with E-state index in [1.54, 1.807) is 0 Å². The summed E-state index contributed by atoms with van der Waals surface area (Å²) < 4.78 is 210. The number of hydrogen-bond donors (Lipinski definition) is 9. The lowest BCUT2D eigenvalue weighted by Gasteiger charge is -2.15. The molecule has 0 saturated carbocycles. The fourth-order valence-electron chi connectivity index (χ4n) is 6.81. The first-order valence-corrected chi connectivity index (χ1v) is 31.8. The summed E-state index contributed by atoms with van der Waals surface area (Å²) in [5, 5.41) is 46.3.